The number of esters is 1. The Balaban J connectivity index is 1.64. The molecule has 9 heteroatoms. The van der Waals surface area contributed by atoms with Crippen molar-refractivity contribution in [1.29, 1.82) is 0 Å². The normalized spacial score (nSPS) is 10.8. The molecule has 1 N–H and O–H groups in total. The lowest BCUT2D eigenvalue weighted by Crippen LogP contribution is -2.17. The van der Waals surface area contributed by atoms with Crippen LogP contribution in [0.2, 0.25) is 0 Å². The number of Topliss-reactive ketones (excluding diaryl/α,β-unsaturated/α-hetero) is 1. The van der Waals surface area contributed by atoms with Crippen LogP contribution in [0.4, 0.5) is 5.69 Å². The van der Waals surface area contributed by atoms with Crippen molar-refractivity contribution in [3.8, 4) is 11.6 Å². The number of benzene rings is 1. The van der Waals surface area contributed by atoms with Crippen LogP contribution < -0.4 is 5.32 Å². The molecule has 172 valence electrons. The summed E-state index contributed by atoms with van der Waals surface area (Å²) < 4.78 is 10.6. The monoisotopic (exact) mass is 467 g/mol. The molecule has 8 nitrogen and oxygen atoms in total. The summed E-state index contributed by atoms with van der Waals surface area (Å²) in [6.45, 7) is 5.18. The van der Waals surface area contributed by atoms with E-state index in [4.69, 9.17) is 9.15 Å². The average molecular weight is 468 g/mol. The third-order valence-corrected chi connectivity index (χ3v) is 5.30. The van der Waals surface area contributed by atoms with Crippen molar-refractivity contribution in [1.82, 2.24) is 9.97 Å². The summed E-state index contributed by atoms with van der Waals surface area (Å²) in [6, 6.07) is 9.92. The van der Waals surface area contributed by atoms with Crippen molar-refractivity contribution >= 4 is 35.1 Å². The summed E-state index contributed by atoms with van der Waals surface area (Å²) in [6.07, 6.45) is 3.73. The minimum Gasteiger partial charge on any atom is -0.461 e. The second kappa shape index (κ2) is 10.9. The Hall–Kier alpha value is -3.46. The number of carbonyl (C=O) groups is 3. The lowest BCUT2D eigenvalue weighted by molar-refractivity contribution is -0.116. The number of nitrogens with zero attached hydrogens (tertiary/aromatic N) is 2. The Morgan fingerprint density at radius 1 is 1.12 bits per heavy atom. The number of nitrogens with one attached hydrogen (secondary N) is 1. The average Bonchev–Trinajstić information content (AvgIpc) is 3.31. The quantitative estimate of drug-likeness (QED) is 0.207. The molecular formula is C24H25N3O5S. The van der Waals surface area contributed by atoms with Gasteiger partial charge in [-0.15, -0.1) is 11.8 Å². The molecule has 0 aliphatic carbocycles. The largest absolute Gasteiger partial charge is 0.461 e. The highest BCUT2D eigenvalue weighted by Gasteiger charge is 2.22. The number of amides is 1. The highest BCUT2D eigenvalue weighted by atomic mass is 32.2. The van der Waals surface area contributed by atoms with Gasteiger partial charge in [-0.3, -0.25) is 9.59 Å². The van der Waals surface area contributed by atoms with Crippen LogP contribution in [0.3, 0.4) is 0 Å². The minimum atomic E-state index is -0.672. The van der Waals surface area contributed by atoms with Crippen LogP contribution >= 0.6 is 11.8 Å². The number of hydrogen-bond donors (Lipinski definition) is 1. The SMILES string of the molecule is CSc1nc(-c2ccco2)nc(C)c1C(=O)OCC(=O)c1ccc(NC(=O)CC(C)C)cc1. The van der Waals surface area contributed by atoms with Gasteiger partial charge in [0.05, 0.1) is 12.0 Å². The molecule has 0 atom stereocenters. The van der Waals surface area contributed by atoms with Crippen molar-refractivity contribution in [2.24, 2.45) is 5.92 Å². The van der Waals surface area contributed by atoms with Crippen LogP contribution in [0.1, 0.15) is 46.7 Å². The van der Waals surface area contributed by atoms with Crippen LogP contribution in [0, 0.1) is 12.8 Å². The Morgan fingerprint density at radius 2 is 1.85 bits per heavy atom. The van der Waals surface area contributed by atoms with Crippen molar-refractivity contribution in [3.05, 3.63) is 59.5 Å². The first-order chi connectivity index (χ1) is 15.8. The molecule has 1 amide bonds. The predicted octanol–water partition coefficient (Wildman–Crippen LogP) is 4.79. The summed E-state index contributed by atoms with van der Waals surface area (Å²) in [7, 11) is 0. The Bertz CT molecular complexity index is 1140. The van der Waals surface area contributed by atoms with Gasteiger partial charge in [0.15, 0.2) is 24.0 Å². The standard InChI is InChI=1S/C24H25N3O5S/c1-14(2)12-20(29)26-17-9-7-16(8-10-17)18(28)13-32-24(30)21-15(3)25-22(27-23(21)33-4)19-6-5-11-31-19/h5-11,14H,12-13H2,1-4H3,(H,26,29). The zero-order chi connectivity index (χ0) is 24.0. The molecule has 0 fully saturated rings. The summed E-state index contributed by atoms with van der Waals surface area (Å²) in [4.78, 5) is 45.8. The van der Waals surface area contributed by atoms with Gasteiger partial charge in [-0.25, -0.2) is 14.8 Å². The van der Waals surface area contributed by atoms with Crippen LogP contribution in [-0.4, -0.2) is 40.5 Å². The van der Waals surface area contributed by atoms with Gasteiger partial charge in [0.25, 0.3) is 0 Å². The predicted molar refractivity (Wildman–Crippen MR) is 125 cm³/mol. The fraction of sp³-hybridized carbons (Fsp3) is 0.292. The van der Waals surface area contributed by atoms with Crippen LogP contribution in [0.15, 0.2) is 52.1 Å². The number of carbonyl (C=O) groups excluding carboxylic acids is 3. The van der Waals surface area contributed by atoms with Crippen molar-refractivity contribution in [2.75, 3.05) is 18.2 Å². The molecule has 1 aromatic carbocycles. The molecule has 0 saturated carbocycles. The summed E-state index contributed by atoms with van der Waals surface area (Å²) in [5.74, 6) is -0.00293. The molecule has 0 saturated heterocycles. The fourth-order valence-corrected chi connectivity index (χ4v) is 3.67. The molecule has 0 radical (unpaired) electrons. The van der Waals surface area contributed by atoms with Crippen molar-refractivity contribution in [3.63, 3.8) is 0 Å². The van der Waals surface area contributed by atoms with Crippen molar-refractivity contribution in [2.45, 2.75) is 32.2 Å². The highest BCUT2D eigenvalue weighted by Crippen LogP contribution is 2.25. The maximum atomic E-state index is 12.7. The van der Waals surface area contributed by atoms with E-state index in [0.29, 0.717) is 40.0 Å². The van der Waals surface area contributed by atoms with Gasteiger partial charge in [-0.2, -0.15) is 0 Å². The van der Waals surface area contributed by atoms with E-state index in [1.807, 2.05) is 13.8 Å². The van der Waals surface area contributed by atoms with Crippen molar-refractivity contribution < 1.29 is 23.5 Å². The third-order valence-electron chi connectivity index (χ3n) is 4.61. The van der Waals surface area contributed by atoms with Gasteiger partial charge in [-0.1, -0.05) is 13.8 Å². The Labute approximate surface area is 196 Å². The zero-order valence-electron chi connectivity index (χ0n) is 18.9. The molecule has 3 aromatic rings. The van der Waals surface area contributed by atoms with E-state index >= 15 is 0 Å². The number of anilines is 1. The van der Waals surface area contributed by atoms with Gasteiger partial charge in [0.1, 0.15) is 10.6 Å². The molecule has 3 rings (SSSR count). The molecule has 33 heavy (non-hydrogen) atoms. The first-order valence-corrected chi connectivity index (χ1v) is 11.6. The van der Waals surface area contributed by atoms with Crippen LogP contribution in [0.5, 0.6) is 0 Å². The lowest BCUT2D eigenvalue weighted by Gasteiger charge is -2.11. The first-order valence-electron chi connectivity index (χ1n) is 10.3. The van der Waals surface area contributed by atoms with Gasteiger partial charge in [0.2, 0.25) is 5.91 Å². The fourth-order valence-electron chi connectivity index (χ4n) is 3.05. The van der Waals surface area contributed by atoms with Gasteiger partial charge >= 0.3 is 5.97 Å². The third kappa shape index (κ3) is 6.29. The summed E-state index contributed by atoms with van der Waals surface area (Å²) >= 11 is 1.28. The van der Waals surface area contributed by atoms with Gasteiger partial charge < -0.3 is 14.5 Å². The van der Waals surface area contributed by atoms with Crippen LogP contribution in [0.25, 0.3) is 11.6 Å². The zero-order valence-corrected chi connectivity index (χ0v) is 19.7. The molecule has 0 spiro atoms. The van der Waals surface area contributed by atoms with E-state index in [-0.39, 0.29) is 23.2 Å². The smallest absolute Gasteiger partial charge is 0.343 e. The second-order valence-corrected chi connectivity index (χ2v) is 8.51. The summed E-state index contributed by atoms with van der Waals surface area (Å²) in [5, 5.41) is 3.22. The number of ether oxygens (including phenoxy) is 1. The maximum Gasteiger partial charge on any atom is 0.343 e. The lowest BCUT2D eigenvalue weighted by atomic mass is 10.1. The Morgan fingerprint density at radius 3 is 2.45 bits per heavy atom. The number of aromatic nitrogens is 2. The van der Waals surface area contributed by atoms with Crippen LogP contribution in [-0.2, 0) is 9.53 Å². The number of rotatable bonds is 9. The number of furan rings is 1. The molecule has 2 aromatic heterocycles. The number of aryl methyl sites for hydroxylation is 1. The van der Waals surface area contributed by atoms with E-state index in [1.54, 1.807) is 49.6 Å². The van der Waals surface area contributed by atoms with E-state index in [1.165, 1.54) is 18.0 Å². The number of thioether (sulfide) groups is 1. The number of ketones is 1. The van der Waals surface area contributed by atoms with E-state index in [2.05, 4.69) is 15.3 Å². The molecule has 0 unspecified atom stereocenters. The summed E-state index contributed by atoms with van der Waals surface area (Å²) in [5.41, 5.74) is 1.62. The Kier molecular flexibility index (Phi) is 8.00. The molecule has 0 aliphatic rings. The van der Waals surface area contributed by atoms with E-state index < -0.39 is 12.6 Å². The highest BCUT2D eigenvalue weighted by molar-refractivity contribution is 7.98. The maximum absolute atomic E-state index is 12.7. The number of hydrogen-bond acceptors (Lipinski definition) is 8. The second-order valence-electron chi connectivity index (χ2n) is 7.72. The molecule has 2 heterocycles. The minimum absolute atomic E-state index is 0.0849. The topological polar surface area (TPSA) is 111 Å². The van der Waals surface area contributed by atoms with Gasteiger partial charge in [0, 0.05) is 17.7 Å². The molecule has 0 aliphatic heterocycles. The first kappa shape index (κ1) is 24.2. The van der Waals surface area contributed by atoms with E-state index in [0.717, 1.165) is 0 Å². The van der Waals surface area contributed by atoms with E-state index in [9.17, 15) is 14.4 Å². The molecular weight excluding hydrogens is 442 g/mol. The molecule has 0 bridgehead atoms. The van der Waals surface area contributed by atoms with Gasteiger partial charge in [-0.05, 0) is 55.5 Å².